The molecule has 0 aliphatic rings. The van der Waals surface area contributed by atoms with Crippen LogP contribution in [0.1, 0.15) is 1.43 Å². The van der Waals surface area contributed by atoms with Gasteiger partial charge in [-0.3, -0.25) is 9.11 Å². The SMILES string of the molecule is C=O.Nc1nc(N)nc(N)n1.O=S(O)O.[H-].[Na+]. The Kier molecular flexibility index (Phi) is 15.7. The number of aromatic nitrogens is 3. The van der Waals surface area contributed by atoms with Gasteiger partial charge in [0.25, 0.3) is 11.4 Å². The van der Waals surface area contributed by atoms with E-state index in [0.29, 0.717) is 0 Å². The Labute approximate surface area is 117 Å². The van der Waals surface area contributed by atoms with Gasteiger partial charge in [-0.25, -0.2) is 0 Å². The molecule has 10 nitrogen and oxygen atoms in total. The van der Waals surface area contributed by atoms with Crippen molar-refractivity contribution in [2.75, 3.05) is 17.2 Å². The van der Waals surface area contributed by atoms with E-state index in [-0.39, 0.29) is 48.8 Å². The van der Waals surface area contributed by atoms with Crippen molar-refractivity contribution >= 4 is 36.0 Å². The van der Waals surface area contributed by atoms with E-state index in [1.807, 2.05) is 6.79 Å². The van der Waals surface area contributed by atoms with E-state index in [1.165, 1.54) is 0 Å². The zero-order valence-corrected chi connectivity index (χ0v) is 11.2. The van der Waals surface area contributed by atoms with Gasteiger partial charge in [-0.05, 0) is 0 Å². The molecule has 88 valence electrons. The fourth-order valence-corrected chi connectivity index (χ4v) is 0.427. The van der Waals surface area contributed by atoms with E-state index in [1.54, 1.807) is 0 Å². The minimum atomic E-state index is -2.61. The van der Waals surface area contributed by atoms with Crippen molar-refractivity contribution in [3.05, 3.63) is 0 Å². The van der Waals surface area contributed by atoms with Gasteiger partial charge in [-0.2, -0.15) is 19.2 Å². The second-order valence-electron chi connectivity index (χ2n) is 1.64. The van der Waals surface area contributed by atoms with Crippen LogP contribution in [0.3, 0.4) is 0 Å². The summed E-state index contributed by atoms with van der Waals surface area (Å²) < 4.78 is 22.8. The molecule has 16 heavy (non-hydrogen) atoms. The number of nitrogen functional groups attached to an aromatic ring is 3. The molecule has 0 atom stereocenters. The fraction of sp³-hybridized carbons (Fsp3) is 0. The average Bonchev–Trinajstić information content (AvgIpc) is 2.03. The molecule has 0 fully saturated rings. The second-order valence-corrected chi connectivity index (χ2v) is 2.10. The third-order valence-electron chi connectivity index (χ3n) is 0.687. The molecule has 0 saturated carbocycles. The van der Waals surface area contributed by atoms with Gasteiger partial charge >= 0.3 is 29.6 Å². The maximum Gasteiger partial charge on any atom is 1.00 e. The van der Waals surface area contributed by atoms with Crippen molar-refractivity contribution in [1.29, 1.82) is 0 Å². The van der Waals surface area contributed by atoms with Crippen LogP contribution in [0.4, 0.5) is 17.8 Å². The number of hydrogen-bond donors (Lipinski definition) is 5. The van der Waals surface area contributed by atoms with Gasteiger partial charge in [0.1, 0.15) is 6.79 Å². The summed E-state index contributed by atoms with van der Waals surface area (Å²) in [6, 6.07) is 0. The number of nitrogens with zero attached hydrogens (tertiary/aromatic N) is 3. The summed E-state index contributed by atoms with van der Waals surface area (Å²) in [5, 5.41) is 0. The number of anilines is 3. The predicted molar refractivity (Wildman–Crippen MR) is 54.7 cm³/mol. The average molecular weight is 262 g/mol. The maximum absolute atomic E-state index is 8.67. The van der Waals surface area contributed by atoms with Gasteiger partial charge < -0.3 is 23.4 Å². The van der Waals surface area contributed by atoms with E-state index in [0.717, 1.165) is 0 Å². The van der Waals surface area contributed by atoms with Crippen LogP contribution in [0.25, 0.3) is 0 Å². The number of carbonyl (C=O) groups is 1. The van der Waals surface area contributed by atoms with Crippen molar-refractivity contribution in [3.8, 4) is 0 Å². The summed E-state index contributed by atoms with van der Waals surface area (Å²) in [6.45, 7) is 2.00. The van der Waals surface area contributed by atoms with E-state index in [9.17, 15) is 0 Å². The van der Waals surface area contributed by atoms with E-state index in [2.05, 4.69) is 15.0 Å². The number of nitrogens with two attached hydrogens (primary N) is 3. The molecule has 0 bridgehead atoms. The van der Waals surface area contributed by atoms with Crippen molar-refractivity contribution in [1.82, 2.24) is 15.0 Å². The number of rotatable bonds is 0. The molecule has 0 spiro atoms. The molecule has 0 radical (unpaired) electrons. The molecule has 1 rings (SSSR count). The minimum Gasteiger partial charge on any atom is -1.00 e. The molecular formula is C4H11N6NaO4S. The molecule has 0 amide bonds. The Hall–Kier alpha value is -0.850. The van der Waals surface area contributed by atoms with Crippen molar-refractivity contribution in [3.63, 3.8) is 0 Å². The largest absolute Gasteiger partial charge is 1.00 e. The van der Waals surface area contributed by atoms with Gasteiger partial charge in [0, 0.05) is 0 Å². The quantitative estimate of drug-likeness (QED) is 0.224. The zero-order chi connectivity index (χ0) is 12.4. The summed E-state index contributed by atoms with van der Waals surface area (Å²) in [5.74, 6) is 0.125. The first-order valence-corrected chi connectivity index (χ1v) is 4.09. The van der Waals surface area contributed by atoms with E-state index in [4.69, 9.17) is 35.3 Å². The van der Waals surface area contributed by atoms with Crippen LogP contribution in [0, 0.1) is 0 Å². The fourth-order valence-electron chi connectivity index (χ4n) is 0.427. The standard InChI is InChI=1S/C3H6N6.CH2O.Na.H2O3S.H/c4-1-7-2(5)9-3(6)8-1;1-2;;1-4(2)3;/h(H6,4,5,6,7,8,9);1H2;;(H2,1,2,3);/q;;+1;;-1. The smallest absolute Gasteiger partial charge is 1.00 e. The van der Waals surface area contributed by atoms with Crippen LogP contribution in [0.5, 0.6) is 0 Å². The molecule has 0 aromatic carbocycles. The molecule has 0 unspecified atom stereocenters. The third-order valence-corrected chi connectivity index (χ3v) is 0.687. The normalized spacial score (nSPS) is 7.69. The molecule has 1 heterocycles. The number of hydrogen-bond acceptors (Lipinski definition) is 8. The Morgan fingerprint density at radius 3 is 1.25 bits per heavy atom. The third kappa shape index (κ3) is 15.6. The van der Waals surface area contributed by atoms with Gasteiger partial charge in [0.05, 0.1) is 0 Å². The van der Waals surface area contributed by atoms with Crippen LogP contribution in [0.15, 0.2) is 0 Å². The van der Waals surface area contributed by atoms with Crippen molar-refractivity contribution in [2.24, 2.45) is 0 Å². The monoisotopic (exact) mass is 262 g/mol. The van der Waals surface area contributed by atoms with E-state index < -0.39 is 11.4 Å². The van der Waals surface area contributed by atoms with Crippen LogP contribution >= 0.6 is 0 Å². The molecule has 1 aromatic heterocycles. The minimum absolute atomic E-state index is 0. The first-order valence-electron chi connectivity index (χ1n) is 3.03. The van der Waals surface area contributed by atoms with Crippen LogP contribution < -0.4 is 46.8 Å². The summed E-state index contributed by atoms with van der Waals surface area (Å²) >= 11 is -2.61. The number of carbonyl (C=O) groups excluding carboxylic acids is 1. The first-order chi connectivity index (χ1) is 6.91. The summed E-state index contributed by atoms with van der Waals surface area (Å²) in [5.41, 5.74) is 15.4. The van der Waals surface area contributed by atoms with Gasteiger partial charge in [-0.15, -0.1) is 0 Å². The van der Waals surface area contributed by atoms with Crippen LogP contribution in [-0.2, 0) is 16.2 Å². The van der Waals surface area contributed by atoms with E-state index >= 15 is 0 Å². The molecular weight excluding hydrogens is 251 g/mol. The predicted octanol–water partition coefficient (Wildman–Crippen LogP) is -4.77. The van der Waals surface area contributed by atoms with Gasteiger partial charge in [0.2, 0.25) is 17.8 Å². The Bertz CT molecular complexity index is 278. The first kappa shape index (κ1) is 20.5. The summed E-state index contributed by atoms with van der Waals surface area (Å²) in [4.78, 5) is 18.5. The van der Waals surface area contributed by atoms with Crippen LogP contribution in [-0.4, -0.2) is 35.1 Å². The molecule has 1 aromatic rings. The van der Waals surface area contributed by atoms with Crippen molar-refractivity contribution < 1.29 is 49.1 Å². The summed E-state index contributed by atoms with van der Waals surface area (Å²) in [7, 11) is 0. The Morgan fingerprint density at radius 2 is 1.12 bits per heavy atom. The molecule has 12 heteroatoms. The molecule has 0 aliphatic carbocycles. The maximum atomic E-state index is 8.67. The zero-order valence-electron chi connectivity index (χ0n) is 9.40. The van der Waals surface area contributed by atoms with Crippen LogP contribution in [0.2, 0.25) is 0 Å². The topological polar surface area (TPSA) is 191 Å². The molecule has 0 aliphatic heterocycles. The Morgan fingerprint density at radius 1 is 1.00 bits per heavy atom. The van der Waals surface area contributed by atoms with Gasteiger partial charge in [0.15, 0.2) is 0 Å². The Balaban J connectivity index is -0.0000000925. The van der Waals surface area contributed by atoms with Crippen molar-refractivity contribution in [2.45, 2.75) is 0 Å². The molecule has 8 N–H and O–H groups in total. The van der Waals surface area contributed by atoms with Gasteiger partial charge in [-0.1, -0.05) is 0 Å². The second kappa shape index (κ2) is 12.2. The summed E-state index contributed by atoms with van der Waals surface area (Å²) in [6.07, 6.45) is 0. The molecule has 0 saturated heterocycles.